The Morgan fingerprint density at radius 1 is 1.08 bits per heavy atom. The molecule has 1 unspecified atom stereocenters. The summed E-state index contributed by atoms with van der Waals surface area (Å²) in [7, 11) is 0. The van der Waals surface area contributed by atoms with Gasteiger partial charge in [0.2, 0.25) is 0 Å². The normalized spacial score (nSPS) is 15.5. The number of carbonyl (C=O) groups excluding carboxylic acids is 1. The number of carboxylic acids is 1. The molecule has 3 aromatic rings. The summed E-state index contributed by atoms with van der Waals surface area (Å²) in [4.78, 5) is 22.5. The van der Waals surface area contributed by atoms with Crippen molar-refractivity contribution >= 4 is 23.5 Å². The second kappa shape index (κ2) is 12.4. The lowest BCUT2D eigenvalue weighted by atomic mass is 9.96. The highest BCUT2D eigenvalue weighted by Gasteiger charge is 2.42. The summed E-state index contributed by atoms with van der Waals surface area (Å²) in [6.07, 6.45) is -5.23. The number of hydrogen-bond acceptors (Lipinski definition) is 6. The van der Waals surface area contributed by atoms with Crippen LogP contribution >= 0.6 is 11.6 Å². The van der Waals surface area contributed by atoms with Crippen molar-refractivity contribution in [3.63, 3.8) is 0 Å². The number of fused-ring (bicyclic) bond motifs is 1. The zero-order valence-electron chi connectivity index (χ0n) is 20.5. The van der Waals surface area contributed by atoms with Crippen molar-refractivity contribution in [2.45, 2.75) is 31.2 Å². The van der Waals surface area contributed by atoms with Crippen LogP contribution in [0.5, 0.6) is 11.5 Å². The number of benzene rings is 3. The maximum absolute atomic E-state index is 12.8. The molecule has 1 aliphatic rings. The average molecular weight is 564 g/mol. The van der Waals surface area contributed by atoms with Gasteiger partial charge in [0.25, 0.3) is 0 Å². The molecule has 3 aromatic carbocycles. The standard InChI is InChI=1S/C28H25ClF3NO6/c29-23-3-1-2-4-25(23)37-16-22(39-27(36)28(30,31)32)15-33-14-21-11-9-20-13-19(10-12-24(20)38-21)17-5-7-18(8-6-17)26(34)35/h1-8,10,12-13,21-22,33H,9,11,14-16H2,(H,34,35)/t21-,22?/m1/s1. The first kappa shape index (κ1) is 28.3. The Hall–Kier alpha value is -3.76. The lowest BCUT2D eigenvalue weighted by molar-refractivity contribution is -0.205. The van der Waals surface area contributed by atoms with E-state index in [9.17, 15) is 22.8 Å². The van der Waals surface area contributed by atoms with Crippen LogP contribution in [0.2, 0.25) is 5.02 Å². The van der Waals surface area contributed by atoms with Gasteiger partial charge in [0, 0.05) is 13.1 Å². The van der Waals surface area contributed by atoms with Crippen LogP contribution in [0.4, 0.5) is 13.2 Å². The highest BCUT2D eigenvalue weighted by molar-refractivity contribution is 6.32. The van der Waals surface area contributed by atoms with Gasteiger partial charge in [-0.25, -0.2) is 9.59 Å². The van der Waals surface area contributed by atoms with Crippen molar-refractivity contribution in [3.05, 3.63) is 82.9 Å². The second-order valence-electron chi connectivity index (χ2n) is 8.91. The third kappa shape index (κ3) is 7.64. The fraction of sp³-hybridized carbons (Fsp3) is 0.286. The molecule has 39 heavy (non-hydrogen) atoms. The number of ether oxygens (including phenoxy) is 3. The van der Waals surface area contributed by atoms with Gasteiger partial charge in [-0.2, -0.15) is 13.2 Å². The molecule has 1 heterocycles. The SMILES string of the molecule is O=C(O)c1ccc(-c2ccc3c(c2)CC[C@H](CNCC(COc2ccccc2Cl)OC(=O)C(F)(F)F)O3)cc1. The molecule has 2 atom stereocenters. The van der Waals surface area contributed by atoms with Crippen LogP contribution in [0.25, 0.3) is 11.1 Å². The van der Waals surface area contributed by atoms with Gasteiger partial charge in [-0.1, -0.05) is 41.9 Å². The smallest absolute Gasteiger partial charge is 0.489 e. The molecule has 0 aromatic heterocycles. The van der Waals surface area contributed by atoms with Gasteiger partial charge >= 0.3 is 18.1 Å². The summed E-state index contributed by atoms with van der Waals surface area (Å²) in [6.45, 7) is -0.114. The third-order valence-corrected chi connectivity index (χ3v) is 6.38. The van der Waals surface area contributed by atoms with Gasteiger partial charge in [-0.05, 0) is 65.9 Å². The van der Waals surface area contributed by atoms with E-state index in [4.69, 9.17) is 26.2 Å². The Morgan fingerprint density at radius 2 is 1.79 bits per heavy atom. The van der Waals surface area contributed by atoms with E-state index in [0.717, 1.165) is 16.7 Å². The van der Waals surface area contributed by atoms with E-state index in [2.05, 4.69) is 10.1 Å². The van der Waals surface area contributed by atoms with E-state index in [1.165, 1.54) is 0 Å². The molecular weight excluding hydrogens is 539 g/mol. The Kier molecular flexibility index (Phi) is 8.98. The van der Waals surface area contributed by atoms with Gasteiger partial charge in [0.1, 0.15) is 30.3 Å². The number of aryl methyl sites for hydroxylation is 1. The maximum Gasteiger partial charge on any atom is 0.490 e. The minimum Gasteiger partial charge on any atom is -0.489 e. The largest absolute Gasteiger partial charge is 0.490 e. The number of rotatable bonds is 10. The van der Waals surface area contributed by atoms with Crippen LogP contribution in [-0.4, -0.2) is 55.1 Å². The van der Waals surface area contributed by atoms with E-state index >= 15 is 0 Å². The van der Waals surface area contributed by atoms with Crippen LogP contribution < -0.4 is 14.8 Å². The van der Waals surface area contributed by atoms with Gasteiger partial charge < -0.3 is 24.6 Å². The van der Waals surface area contributed by atoms with Crippen LogP contribution in [0.3, 0.4) is 0 Å². The molecule has 1 aliphatic heterocycles. The monoisotopic (exact) mass is 563 g/mol. The molecule has 2 N–H and O–H groups in total. The molecule has 0 saturated carbocycles. The first-order valence-electron chi connectivity index (χ1n) is 12.1. The summed E-state index contributed by atoms with van der Waals surface area (Å²) in [6, 6.07) is 18.8. The first-order valence-corrected chi connectivity index (χ1v) is 12.5. The lowest BCUT2D eigenvalue weighted by Gasteiger charge is -2.27. The molecule has 0 radical (unpaired) electrons. The van der Waals surface area contributed by atoms with Crippen molar-refractivity contribution in [3.8, 4) is 22.6 Å². The van der Waals surface area contributed by atoms with Crippen LogP contribution in [-0.2, 0) is 16.0 Å². The molecule has 7 nitrogen and oxygen atoms in total. The summed E-state index contributed by atoms with van der Waals surface area (Å²) >= 11 is 6.03. The number of para-hydroxylation sites is 1. The molecule has 0 spiro atoms. The fourth-order valence-electron chi connectivity index (χ4n) is 4.08. The van der Waals surface area contributed by atoms with Crippen molar-refractivity contribution in [1.82, 2.24) is 5.32 Å². The number of carboxylic acid groups (broad SMARTS) is 1. The molecule has 0 fully saturated rings. The topological polar surface area (TPSA) is 94.1 Å². The number of halogens is 4. The minimum absolute atomic E-state index is 0.0930. The van der Waals surface area contributed by atoms with Crippen LogP contribution in [0, 0.1) is 0 Å². The summed E-state index contributed by atoms with van der Waals surface area (Å²) in [5, 5.41) is 12.4. The Morgan fingerprint density at radius 3 is 2.49 bits per heavy atom. The molecule has 0 saturated heterocycles. The number of carbonyl (C=O) groups is 2. The second-order valence-corrected chi connectivity index (χ2v) is 9.32. The zero-order chi connectivity index (χ0) is 28.0. The minimum atomic E-state index is -5.13. The number of hydrogen-bond donors (Lipinski definition) is 2. The van der Waals surface area contributed by atoms with Crippen LogP contribution in [0.15, 0.2) is 66.7 Å². The van der Waals surface area contributed by atoms with E-state index in [-0.39, 0.29) is 35.6 Å². The summed E-state index contributed by atoms with van der Waals surface area (Å²) in [5.41, 5.74) is 3.01. The quantitative estimate of drug-likeness (QED) is 0.313. The molecule has 4 rings (SSSR count). The Labute approximate surface area is 227 Å². The predicted molar refractivity (Wildman–Crippen MR) is 137 cm³/mol. The summed E-state index contributed by atoms with van der Waals surface area (Å²) in [5.74, 6) is -2.33. The van der Waals surface area contributed by atoms with E-state index in [0.29, 0.717) is 25.1 Å². The van der Waals surface area contributed by atoms with Crippen molar-refractivity contribution in [1.29, 1.82) is 0 Å². The van der Waals surface area contributed by atoms with Gasteiger partial charge in [0.05, 0.1) is 10.6 Å². The maximum atomic E-state index is 12.8. The molecular formula is C28H25ClF3NO6. The molecule has 11 heteroatoms. The third-order valence-electron chi connectivity index (χ3n) is 6.07. The highest BCUT2D eigenvalue weighted by atomic mass is 35.5. The van der Waals surface area contributed by atoms with Gasteiger partial charge in [-0.15, -0.1) is 0 Å². The Balaban J connectivity index is 1.33. The van der Waals surface area contributed by atoms with Gasteiger partial charge in [0.15, 0.2) is 0 Å². The van der Waals surface area contributed by atoms with E-state index in [1.54, 1.807) is 48.5 Å². The van der Waals surface area contributed by atoms with E-state index in [1.807, 2.05) is 18.2 Å². The number of esters is 1. The molecule has 0 aliphatic carbocycles. The van der Waals surface area contributed by atoms with E-state index < -0.39 is 24.2 Å². The number of aromatic carboxylic acids is 1. The fourth-order valence-corrected chi connectivity index (χ4v) is 4.27. The van der Waals surface area contributed by atoms with Crippen molar-refractivity contribution < 1.29 is 42.1 Å². The summed E-state index contributed by atoms with van der Waals surface area (Å²) < 4.78 is 54.5. The lowest BCUT2D eigenvalue weighted by Crippen LogP contribution is -2.42. The Bertz CT molecular complexity index is 1320. The first-order chi connectivity index (χ1) is 18.6. The molecule has 0 bridgehead atoms. The molecule has 206 valence electrons. The predicted octanol–water partition coefficient (Wildman–Crippen LogP) is 5.54. The van der Waals surface area contributed by atoms with Gasteiger partial charge in [-0.3, -0.25) is 0 Å². The van der Waals surface area contributed by atoms with Crippen LogP contribution in [0.1, 0.15) is 22.3 Å². The molecule has 0 amide bonds. The van der Waals surface area contributed by atoms with Crippen molar-refractivity contribution in [2.75, 3.05) is 19.7 Å². The zero-order valence-corrected chi connectivity index (χ0v) is 21.3. The number of nitrogens with one attached hydrogen (secondary N) is 1. The van der Waals surface area contributed by atoms with Crippen molar-refractivity contribution in [2.24, 2.45) is 0 Å². The average Bonchev–Trinajstić information content (AvgIpc) is 2.91. The highest BCUT2D eigenvalue weighted by Crippen LogP contribution is 2.32. The number of alkyl halides is 3.